The normalized spacial score (nSPS) is 10.4. The quantitative estimate of drug-likeness (QED) is 0.644. The molecule has 7 nitrogen and oxygen atoms in total. The van der Waals surface area contributed by atoms with Gasteiger partial charge in [-0.05, 0) is 29.8 Å². The molecule has 3 aromatic rings. The van der Waals surface area contributed by atoms with Crippen molar-refractivity contribution in [3.8, 4) is 22.8 Å². The van der Waals surface area contributed by atoms with Gasteiger partial charge in [-0.3, -0.25) is 9.59 Å². The first-order valence-electron chi connectivity index (χ1n) is 8.82. The van der Waals surface area contributed by atoms with Gasteiger partial charge in [-0.1, -0.05) is 29.8 Å². The number of nitrogens with zero attached hydrogens (tertiary/aromatic N) is 2. The second-order valence-corrected chi connectivity index (χ2v) is 6.56. The molecule has 1 aromatic heterocycles. The van der Waals surface area contributed by atoms with Crippen LogP contribution >= 0.6 is 11.6 Å². The molecule has 2 aromatic carbocycles. The number of nitrogens with one attached hydrogen (secondary N) is 1. The summed E-state index contributed by atoms with van der Waals surface area (Å²) in [6.07, 6.45) is 0. The smallest absolute Gasteiger partial charge is 0.267 e. The molecular formula is C21H20ClN3O4. The highest BCUT2D eigenvalue weighted by molar-refractivity contribution is 6.31. The van der Waals surface area contributed by atoms with E-state index in [1.807, 2.05) is 18.2 Å². The molecule has 1 heterocycles. The first-order chi connectivity index (χ1) is 14.0. The lowest BCUT2D eigenvalue weighted by atomic mass is 10.1. The molecule has 8 heteroatoms. The monoisotopic (exact) mass is 413 g/mol. The van der Waals surface area contributed by atoms with E-state index in [-0.39, 0.29) is 24.6 Å². The molecule has 1 N–H and O–H groups in total. The average molecular weight is 414 g/mol. The number of aromatic nitrogens is 2. The second-order valence-electron chi connectivity index (χ2n) is 6.15. The maximum Gasteiger partial charge on any atom is 0.267 e. The van der Waals surface area contributed by atoms with Gasteiger partial charge in [0.05, 0.1) is 19.9 Å². The van der Waals surface area contributed by atoms with Gasteiger partial charge in [0, 0.05) is 29.3 Å². The maximum atomic E-state index is 12.3. The maximum absolute atomic E-state index is 12.3. The van der Waals surface area contributed by atoms with Crippen LogP contribution in [-0.2, 0) is 17.9 Å². The lowest BCUT2D eigenvalue weighted by molar-refractivity contribution is -0.122. The third-order valence-corrected chi connectivity index (χ3v) is 4.65. The summed E-state index contributed by atoms with van der Waals surface area (Å²) >= 11 is 6.09. The zero-order chi connectivity index (χ0) is 20.8. The number of amides is 1. The minimum atomic E-state index is -0.380. The highest BCUT2D eigenvalue weighted by Gasteiger charge is 2.12. The number of carbonyl (C=O) groups excluding carboxylic acids is 1. The molecule has 0 aliphatic heterocycles. The molecule has 0 saturated heterocycles. The van der Waals surface area contributed by atoms with Crippen LogP contribution in [0.1, 0.15) is 5.56 Å². The number of benzene rings is 2. The number of halogens is 1. The predicted octanol–water partition coefficient (Wildman–Crippen LogP) is 2.90. The van der Waals surface area contributed by atoms with Crippen LogP contribution < -0.4 is 20.3 Å². The SMILES string of the molecule is COc1ccc(-c2ccc(=O)n(CC(=O)NCc3ccccc3Cl)n2)c(OC)c1. The van der Waals surface area contributed by atoms with Gasteiger partial charge in [-0.25, -0.2) is 4.68 Å². The summed E-state index contributed by atoms with van der Waals surface area (Å²) in [5.41, 5.74) is 1.59. The van der Waals surface area contributed by atoms with Crippen molar-refractivity contribution in [2.45, 2.75) is 13.1 Å². The zero-order valence-corrected chi connectivity index (χ0v) is 16.8. The fraction of sp³-hybridized carbons (Fsp3) is 0.190. The molecule has 0 radical (unpaired) electrons. The third kappa shape index (κ3) is 4.94. The van der Waals surface area contributed by atoms with Crippen LogP contribution in [0.2, 0.25) is 5.02 Å². The summed E-state index contributed by atoms with van der Waals surface area (Å²) in [6.45, 7) is 0.0504. The Morgan fingerprint density at radius 3 is 2.62 bits per heavy atom. The molecule has 3 rings (SSSR count). The van der Waals surface area contributed by atoms with Crippen LogP contribution in [0.25, 0.3) is 11.3 Å². The molecule has 0 bridgehead atoms. The number of hydrogen-bond acceptors (Lipinski definition) is 5. The van der Waals surface area contributed by atoms with E-state index in [1.54, 1.807) is 37.4 Å². The molecule has 0 saturated carbocycles. The van der Waals surface area contributed by atoms with E-state index in [0.717, 1.165) is 10.2 Å². The molecule has 0 atom stereocenters. The molecule has 29 heavy (non-hydrogen) atoms. The van der Waals surface area contributed by atoms with E-state index >= 15 is 0 Å². The molecule has 0 aliphatic rings. The molecule has 0 unspecified atom stereocenters. The van der Waals surface area contributed by atoms with E-state index in [2.05, 4.69) is 10.4 Å². The van der Waals surface area contributed by atoms with Gasteiger partial charge in [0.15, 0.2) is 0 Å². The Morgan fingerprint density at radius 2 is 1.90 bits per heavy atom. The number of ether oxygens (including phenoxy) is 2. The van der Waals surface area contributed by atoms with Crippen LogP contribution in [-0.4, -0.2) is 29.9 Å². The van der Waals surface area contributed by atoms with Crippen LogP contribution in [0.3, 0.4) is 0 Å². The van der Waals surface area contributed by atoms with Crippen LogP contribution in [0.4, 0.5) is 0 Å². The lowest BCUT2D eigenvalue weighted by Crippen LogP contribution is -2.33. The summed E-state index contributed by atoms with van der Waals surface area (Å²) in [5, 5.41) is 7.63. The highest BCUT2D eigenvalue weighted by atomic mass is 35.5. The standard InChI is InChI=1S/C21H20ClN3O4/c1-28-15-7-8-16(19(11-15)29-2)18-9-10-21(27)25(24-18)13-20(26)23-12-14-5-3-4-6-17(14)22/h3-11H,12-13H2,1-2H3,(H,23,26). The number of carbonyl (C=O) groups is 1. The molecule has 150 valence electrons. The summed E-state index contributed by atoms with van der Waals surface area (Å²) in [5.74, 6) is 0.835. The van der Waals surface area contributed by atoms with Gasteiger partial charge in [-0.15, -0.1) is 0 Å². The Hall–Kier alpha value is -3.32. The molecule has 0 spiro atoms. The van der Waals surface area contributed by atoms with E-state index in [1.165, 1.54) is 13.2 Å². The average Bonchev–Trinajstić information content (AvgIpc) is 2.74. The summed E-state index contributed by atoms with van der Waals surface area (Å²) in [4.78, 5) is 24.5. The Morgan fingerprint density at radius 1 is 1.10 bits per heavy atom. The number of methoxy groups -OCH3 is 2. The topological polar surface area (TPSA) is 82.5 Å². The summed E-state index contributed by atoms with van der Waals surface area (Å²) in [6, 6.07) is 15.5. The molecule has 0 fully saturated rings. The van der Waals surface area contributed by atoms with E-state index in [0.29, 0.717) is 27.8 Å². The van der Waals surface area contributed by atoms with Crippen molar-refractivity contribution in [3.63, 3.8) is 0 Å². The van der Waals surface area contributed by atoms with Crippen molar-refractivity contribution in [2.75, 3.05) is 14.2 Å². The van der Waals surface area contributed by atoms with E-state index in [4.69, 9.17) is 21.1 Å². The van der Waals surface area contributed by atoms with Gasteiger partial charge in [0.25, 0.3) is 5.56 Å². The van der Waals surface area contributed by atoms with E-state index < -0.39 is 0 Å². The Kier molecular flexibility index (Phi) is 6.51. The van der Waals surface area contributed by atoms with Gasteiger partial charge in [-0.2, -0.15) is 5.10 Å². The third-order valence-electron chi connectivity index (χ3n) is 4.28. The molecular weight excluding hydrogens is 394 g/mol. The zero-order valence-electron chi connectivity index (χ0n) is 16.0. The van der Waals surface area contributed by atoms with Crippen molar-refractivity contribution in [1.82, 2.24) is 15.1 Å². The van der Waals surface area contributed by atoms with Gasteiger partial charge >= 0.3 is 0 Å². The van der Waals surface area contributed by atoms with Crippen molar-refractivity contribution >= 4 is 17.5 Å². The van der Waals surface area contributed by atoms with Gasteiger partial charge in [0.1, 0.15) is 18.0 Å². The second kappa shape index (κ2) is 9.25. The Bertz CT molecular complexity index is 1080. The van der Waals surface area contributed by atoms with Gasteiger partial charge in [0.2, 0.25) is 5.91 Å². The minimum absolute atomic E-state index is 0.213. The van der Waals surface area contributed by atoms with E-state index in [9.17, 15) is 9.59 Å². The van der Waals surface area contributed by atoms with Crippen LogP contribution in [0.5, 0.6) is 11.5 Å². The lowest BCUT2D eigenvalue weighted by Gasteiger charge is -2.12. The molecule has 0 aliphatic carbocycles. The summed E-state index contributed by atoms with van der Waals surface area (Å²) < 4.78 is 11.7. The van der Waals surface area contributed by atoms with Crippen LogP contribution in [0.15, 0.2) is 59.4 Å². The first kappa shape index (κ1) is 20.4. The fourth-order valence-electron chi connectivity index (χ4n) is 2.74. The van der Waals surface area contributed by atoms with Gasteiger partial charge < -0.3 is 14.8 Å². The van der Waals surface area contributed by atoms with Crippen molar-refractivity contribution in [2.24, 2.45) is 0 Å². The molecule has 1 amide bonds. The predicted molar refractivity (Wildman–Crippen MR) is 110 cm³/mol. The first-order valence-corrected chi connectivity index (χ1v) is 9.20. The van der Waals surface area contributed by atoms with Crippen LogP contribution in [0, 0.1) is 0 Å². The number of rotatable bonds is 7. The largest absolute Gasteiger partial charge is 0.497 e. The van der Waals surface area contributed by atoms with Crippen molar-refractivity contribution in [1.29, 1.82) is 0 Å². The van der Waals surface area contributed by atoms with Crippen molar-refractivity contribution < 1.29 is 14.3 Å². The Labute approximate surface area is 172 Å². The highest BCUT2D eigenvalue weighted by Crippen LogP contribution is 2.31. The Balaban J connectivity index is 1.78. The fourth-order valence-corrected chi connectivity index (χ4v) is 2.95. The van der Waals surface area contributed by atoms with Crippen molar-refractivity contribution in [3.05, 3.63) is 75.5 Å². The summed E-state index contributed by atoms with van der Waals surface area (Å²) in [7, 11) is 3.10. The minimum Gasteiger partial charge on any atom is -0.497 e. The number of hydrogen-bond donors (Lipinski definition) is 1.